The van der Waals surface area contributed by atoms with Crippen molar-refractivity contribution in [2.24, 2.45) is 21.7 Å². The average molecular weight is 321 g/mol. The minimum atomic E-state index is -0.424. The summed E-state index contributed by atoms with van der Waals surface area (Å²) in [4.78, 5) is 11.5. The van der Waals surface area contributed by atoms with E-state index in [1.807, 2.05) is 0 Å². The van der Waals surface area contributed by atoms with E-state index in [0.717, 1.165) is 4.90 Å². The second kappa shape index (κ2) is 7.79. The van der Waals surface area contributed by atoms with E-state index in [2.05, 4.69) is 10.2 Å². The van der Waals surface area contributed by atoms with E-state index in [4.69, 9.17) is 11.5 Å². The lowest BCUT2D eigenvalue weighted by molar-refractivity contribution is -0.384. The van der Waals surface area contributed by atoms with Crippen molar-refractivity contribution in [1.82, 2.24) is 0 Å². The maximum Gasteiger partial charge on any atom is 0.270 e. The summed E-state index contributed by atoms with van der Waals surface area (Å²) >= 11 is 1.75. The Morgan fingerprint density at radius 1 is 1.32 bits per heavy atom. The molecule has 7 nitrogen and oxygen atoms in total. The van der Waals surface area contributed by atoms with Gasteiger partial charge in [0, 0.05) is 27.8 Å². The molecule has 0 aliphatic heterocycles. The first-order valence-corrected chi connectivity index (χ1v) is 8.01. The monoisotopic (exact) mass is 321 g/mol. The van der Waals surface area contributed by atoms with E-state index in [1.54, 1.807) is 17.8 Å². The molecular weight excluding hydrogens is 302 g/mol. The molecule has 0 aromatic heterocycles. The number of thioether (sulfide) groups is 1. The first-order valence-electron chi connectivity index (χ1n) is 7.13. The molecule has 1 aromatic rings. The van der Waals surface area contributed by atoms with Gasteiger partial charge in [-0.1, -0.05) is 19.3 Å². The van der Waals surface area contributed by atoms with Gasteiger partial charge in [0.05, 0.1) is 11.1 Å². The molecule has 0 heterocycles. The number of nitrogens with two attached hydrogens (primary N) is 2. The highest BCUT2D eigenvalue weighted by molar-refractivity contribution is 8.00. The Bertz CT molecular complexity index is 593. The van der Waals surface area contributed by atoms with Gasteiger partial charge in [0.25, 0.3) is 5.69 Å². The molecule has 1 aliphatic carbocycles. The first kappa shape index (κ1) is 16.3. The van der Waals surface area contributed by atoms with Gasteiger partial charge in [0.15, 0.2) is 0 Å². The molecule has 0 radical (unpaired) electrons. The van der Waals surface area contributed by atoms with Crippen molar-refractivity contribution in [2.75, 3.05) is 0 Å². The molecule has 2 rings (SSSR count). The molecule has 1 fully saturated rings. The van der Waals surface area contributed by atoms with Crippen LogP contribution in [0.2, 0.25) is 0 Å². The summed E-state index contributed by atoms with van der Waals surface area (Å²) in [7, 11) is 0. The van der Waals surface area contributed by atoms with Gasteiger partial charge in [-0.3, -0.25) is 10.1 Å². The Morgan fingerprint density at radius 3 is 2.68 bits per heavy atom. The molecule has 0 unspecified atom stereocenters. The molecule has 1 aliphatic rings. The minimum Gasteiger partial charge on any atom is -0.369 e. The summed E-state index contributed by atoms with van der Waals surface area (Å²) in [5, 5.41) is 18.8. The average Bonchev–Trinajstić information content (AvgIpc) is 2.49. The van der Waals surface area contributed by atoms with E-state index in [1.165, 1.54) is 50.5 Å². The van der Waals surface area contributed by atoms with E-state index < -0.39 is 4.92 Å². The lowest BCUT2D eigenvalue weighted by Gasteiger charge is -2.21. The number of rotatable bonds is 5. The lowest BCUT2D eigenvalue weighted by Crippen LogP contribution is -2.21. The van der Waals surface area contributed by atoms with Crippen LogP contribution in [0.4, 0.5) is 5.69 Å². The van der Waals surface area contributed by atoms with Crippen LogP contribution in [0.25, 0.3) is 0 Å². The number of hydrogen-bond acceptors (Lipinski definition) is 5. The second-order valence-electron chi connectivity index (χ2n) is 5.13. The predicted octanol–water partition coefficient (Wildman–Crippen LogP) is 2.63. The number of hydrogen-bond donors (Lipinski definition) is 2. The molecule has 118 valence electrons. The van der Waals surface area contributed by atoms with Crippen LogP contribution in [0.1, 0.15) is 37.7 Å². The zero-order valence-electron chi connectivity index (χ0n) is 12.1. The number of nitrogens with zero attached hydrogens (tertiary/aromatic N) is 3. The van der Waals surface area contributed by atoms with Gasteiger partial charge < -0.3 is 11.5 Å². The molecular formula is C14H19N5O2S. The summed E-state index contributed by atoms with van der Waals surface area (Å²) in [5.74, 6) is -0.150. The number of non-ortho nitro benzene ring substituents is 1. The number of guanidine groups is 1. The normalized spacial score (nSPS) is 15.8. The summed E-state index contributed by atoms with van der Waals surface area (Å²) in [6.07, 6.45) is 7.57. The second-order valence-corrected chi connectivity index (χ2v) is 6.47. The maximum atomic E-state index is 10.9. The number of nitro benzene ring substituents is 1. The number of benzene rings is 1. The standard InChI is InChI=1S/C14H19N5O2S/c15-14(16)18-17-9-10-8-11(19(20)21)6-7-13(10)22-12-4-2-1-3-5-12/h6-9,12H,1-5H2,(H4,15,16,18). The van der Waals surface area contributed by atoms with Crippen LogP contribution in [0.3, 0.4) is 0 Å². The minimum absolute atomic E-state index is 0.0270. The molecule has 22 heavy (non-hydrogen) atoms. The van der Waals surface area contributed by atoms with Crippen LogP contribution in [0, 0.1) is 10.1 Å². The van der Waals surface area contributed by atoms with Crippen LogP contribution in [-0.4, -0.2) is 22.3 Å². The van der Waals surface area contributed by atoms with E-state index in [0.29, 0.717) is 10.8 Å². The van der Waals surface area contributed by atoms with E-state index in [9.17, 15) is 10.1 Å². The Morgan fingerprint density at radius 2 is 2.05 bits per heavy atom. The summed E-state index contributed by atoms with van der Waals surface area (Å²) in [5.41, 5.74) is 11.1. The number of nitro groups is 1. The van der Waals surface area contributed by atoms with Crippen molar-refractivity contribution in [3.8, 4) is 0 Å². The van der Waals surface area contributed by atoms with Crippen LogP contribution in [-0.2, 0) is 0 Å². The molecule has 1 aromatic carbocycles. The third kappa shape index (κ3) is 4.73. The van der Waals surface area contributed by atoms with Gasteiger partial charge in [-0.15, -0.1) is 16.9 Å². The molecule has 1 saturated carbocycles. The van der Waals surface area contributed by atoms with Crippen molar-refractivity contribution in [3.63, 3.8) is 0 Å². The Labute approximate surface area is 133 Å². The highest BCUT2D eigenvalue weighted by Crippen LogP contribution is 2.35. The molecule has 8 heteroatoms. The van der Waals surface area contributed by atoms with Crippen molar-refractivity contribution in [2.45, 2.75) is 42.2 Å². The van der Waals surface area contributed by atoms with Crippen molar-refractivity contribution < 1.29 is 4.92 Å². The van der Waals surface area contributed by atoms with E-state index in [-0.39, 0.29) is 11.6 Å². The van der Waals surface area contributed by atoms with Gasteiger partial charge in [0.2, 0.25) is 5.96 Å². The van der Waals surface area contributed by atoms with Gasteiger partial charge in [-0.2, -0.15) is 5.10 Å². The SMILES string of the molecule is NC(N)=NN=Cc1cc([N+](=O)[O-])ccc1SC1CCCCC1. The lowest BCUT2D eigenvalue weighted by atomic mass is 10.0. The Hall–Kier alpha value is -2.09. The molecule has 0 amide bonds. The molecule has 0 saturated heterocycles. The zero-order chi connectivity index (χ0) is 15.9. The zero-order valence-corrected chi connectivity index (χ0v) is 13.0. The maximum absolute atomic E-state index is 10.9. The summed E-state index contributed by atoms with van der Waals surface area (Å²) in [6, 6.07) is 4.79. The van der Waals surface area contributed by atoms with Gasteiger partial charge >= 0.3 is 0 Å². The molecule has 0 atom stereocenters. The fourth-order valence-corrected chi connectivity index (χ4v) is 3.70. The van der Waals surface area contributed by atoms with Crippen molar-refractivity contribution >= 4 is 29.6 Å². The van der Waals surface area contributed by atoms with Gasteiger partial charge in [0.1, 0.15) is 0 Å². The topological polar surface area (TPSA) is 120 Å². The highest BCUT2D eigenvalue weighted by Gasteiger charge is 2.17. The molecule has 0 spiro atoms. The first-order chi connectivity index (χ1) is 10.6. The van der Waals surface area contributed by atoms with Gasteiger partial charge in [-0.05, 0) is 18.9 Å². The third-order valence-corrected chi connectivity index (χ3v) is 4.85. The van der Waals surface area contributed by atoms with Crippen LogP contribution in [0.5, 0.6) is 0 Å². The summed E-state index contributed by atoms with van der Waals surface area (Å²) in [6.45, 7) is 0. The van der Waals surface area contributed by atoms with Crippen LogP contribution >= 0.6 is 11.8 Å². The van der Waals surface area contributed by atoms with E-state index >= 15 is 0 Å². The van der Waals surface area contributed by atoms with Crippen molar-refractivity contribution in [3.05, 3.63) is 33.9 Å². The molecule has 0 bridgehead atoms. The fraction of sp³-hybridized carbons (Fsp3) is 0.429. The van der Waals surface area contributed by atoms with Gasteiger partial charge in [-0.25, -0.2) is 0 Å². The largest absolute Gasteiger partial charge is 0.369 e. The fourth-order valence-electron chi connectivity index (χ4n) is 2.38. The predicted molar refractivity (Wildman–Crippen MR) is 89.2 cm³/mol. The summed E-state index contributed by atoms with van der Waals surface area (Å²) < 4.78 is 0. The highest BCUT2D eigenvalue weighted by atomic mass is 32.2. The van der Waals surface area contributed by atoms with Crippen LogP contribution in [0.15, 0.2) is 33.3 Å². The quantitative estimate of drug-likeness (QED) is 0.374. The Balaban J connectivity index is 2.24. The third-order valence-electron chi connectivity index (χ3n) is 3.42. The van der Waals surface area contributed by atoms with Crippen molar-refractivity contribution in [1.29, 1.82) is 0 Å². The molecule has 4 N–H and O–H groups in total. The smallest absolute Gasteiger partial charge is 0.270 e. The Kier molecular flexibility index (Phi) is 5.76. The van der Waals surface area contributed by atoms with Crippen LogP contribution < -0.4 is 11.5 Å².